The molecule has 1 fully saturated rings. The van der Waals surface area contributed by atoms with Gasteiger partial charge in [0.2, 0.25) is 0 Å². The fourth-order valence-electron chi connectivity index (χ4n) is 4.86. The van der Waals surface area contributed by atoms with Gasteiger partial charge in [-0.15, -0.1) is 0 Å². The zero-order valence-corrected chi connectivity index (χ0v) is 21.6. The van der Waals surface area contributed by atoms with Crippen molar-refractivity contribution in [2.75, 3.05) is 26.4 Å². The summed E-state index contributed by atoms with van der Waals surface area (Å²) in [4.78, 5) is 0. The highest BCUT2D eigenvalue weighted by Crippen LogP contribution is 2.36. The normalized spacial score (nSPS) is 19.1. The first-order valence-corrected chi connectivity index (χ1v) is 14.1. The van der Waals surface area contributed by atoms with Crippen molar-refractivity contribution in [3.8, 4) is 0 Å². The summed E-state index contributed by atoms with van der Waals surface area (Å²) in [6, 6.07) is 32.1. The van der Waals surface area contributed by atoms with Gasteiger partial charge in [0.15, 0.2) is 0 Å². The van der Waals surface area contributed by atoms with E-state index in [1.165, 1.54) is 15.9 Å². The highest BCUT2D eigenvalue weighted by Gasteiger charge is 2.50. The number of hydrogen-bond donors (Lipinski definition) is 1. The number of nitrogens with one attached hydrogen (secondary N) is 1. The van der Waals surface area contributed by atoms with Crippen molar-refractivity contribution in [3.05, 3.63) is 96.6 Å². The lowest BCUT2D eigenvalue weighted by atomic mass is 10.2. The third-order valence-electron chi connectivity index (χ3n) is 6.46. The van der Waals surface area contributed by atoms with E-state index >= 15 is 0 Å². The Bertz CT molecular complexity index is 953. The Morgan fingerprint density at radius 3 is 1.79 bits per heavy atom. The Morgan fingerprint density at radius 1 is 0.765 bits per heavy atom. The van der Waals surface area contributed by atoms with Crippen LogP contribution in [0.3, 0.4) is 0 Å². The van der Waals surface area contributed by atoms with Gasteiger partial charge in [-0.3, -0.25) is 0 Å². The van der Waals surface area contributed by atoms with E-state index in [-0.39, 0.29) is 17.1 Å². The van der Waals surface area contributed by atoms with E-state index in [0.29, 0.717) is 33.0 Å². The Hall–Kier alpha value is -2.28. The molecule has 1 aliphatic rings. The fourth-order valence-corrected chi connectivity index (χ4v) is 9.46. The van der Waals surface area contributed by atoms with Crippen molar-refractivity contribution >= 4 is 18.7 Å². The van der Waals surface area contributed by atoms with Crippen LogP contribution in [-0.2, 0) is 20.5 Å². The van der Waals surface area contributed by atoms with Crippen molar-refractivity contribution in [1.82, 2.24) is 5.32 Å². The Labute approximate surface area is 205 Å². The molecular weight excluding hydrogens is 438 g/mol. The SMILES string of the molecule is CC(C)(C)[Si](OCC1COCC(COCc2ccccc2)N1)(c1ccccc1)c1ccccc1. The molecule has 4 rings (SSSR count). The second-order valence-electron chi connectivity index (χ2n) is 10.1. The molecule has 1 N–H and O–H groups in total. The van der Waals surface area contributed by atoms with Crippen LogP contribution in [0.4, 0.5) is 0 Å². The maximum Gasteiger partial charge on any atom is 0.261 e. The molecule has 0 aliphatic carbocycles. The second kappa shape index (κ2) is 11.4. The van der Waals surface area contributed by atoms with Crippen LogP contribution in [0.2, 0.25) is 5.04 Å². The quantitative estimate of drug-likeness (QED) is 0.472. The lowest BCUT2D eigenvalue weighted by molar-refractivity contribution is -0.00595. The molecule has 1 heterocycles. The van der Waals surface area contributed by atoms with Gasteiger partial charge in [0.1, 0.15) is 0 Å². The molecule has 0 aromatic heterocycles. The second-order valence-corrected chi connectivity index (χ2v) is 14.4. The van der Waals surface area contributed by atoms with Gasteiger partial charge in [0, 0.05) is 0 Å². The summed E-state index contributed by atoms with van der Waals surface area (Å²) >= 11 is 0. The lowest BCUT2D eigenvalue weighted by Crippen LogP contribution is -2.68. The van der Waals surface area contributed by atoms with Gasteiger partial charge in [-0.2, -0.15) is 0 Å². The molecule has 0 spiro atoms. The Kier molecular flexibility index (Phi) is 8.35. The van der Waals surface area contributed by atoms with Crippen LogP contribution in [0.25, 0.3) is 0 Å². The largest absolute Gasteiger partial charge is 0.406 e. The smallest absolute Gasteiger partial charge is 0.261 e. The van der Waals surface area contributed by atoms with Gasteiger partial charge < -0.3 is 19.2 Å². The zero-order valence-electron chi connectivity index (χ0n) is 20.6. The molecule has 3 aromatic carbocycles. The first kappa shape index (κ1) is 24.8. The summed E-state index contributed by atoms with van der Waals surface area (Å²) in [5.41, 5.74) is 1.19. The standard InChI is InChI=1S/C29H37NO3Si/c1-29(2,3)34(27-15-9-5-10-16-27,28-17-11-6-12-18-28)33-23-26-22-32-21-25(30-26)20-31-19-24-13-7-4-8-14-24/h4-18,25-26,30H,19-23H2,1-3H3. The molecule has 0 saturated carbocycles. The van der Waals surface area contributed by atoms with Crippen LogP contribution in [0.5, 0.6) is 0 Å². The first-order valence-electron chi connectivity index (χ1n) is 12.2. The average Bonchev–Trinajstić information content (AvgIpc) is 2.86. The van der Waals surface area contributed by atoms with E-state index in [1.807, 2.05) is 18.2 Å². The van der Waals surface area contributed by atoms with E-state index in [2.05, 4.69) is 98.9 Å². The molecule has 0 radical (unpaired) electrons. The third-order valence-corrected chi connectivity index (χ3v) is 11.5. The molecule has 1 saturated heterocycles. The number of benzene rings is 3. The third kappa shape index (κ3) is 5.85. The molecule has 0 bridgehead atoms. The lowest BCUT2D eigenvalue weighted by Gasteiger charge is -2.44. The van der Waals surface area contributed by atoms with Gasteiger partial charge in [-0.25, -0.2) is 0 Å². The van der Waals surface area contributed by atoms with Crippen molar-refractivity contribution in [1.29, 1.82) is 0 Å². The number of ether oxygens (including phenoxy) is 2. The minimum atomic E-state index is -2.55. The van der Waals surface area contributed by atoms with E-state index in [1.54, 1.807) is 0 Å². The molecule has 5 heteroatoms. The number of hydrogen-bond acceptors (Lipinski definition) is 4. The van der Waals surface area contributed by atoms with Crippen molar-refractivity contribution in [3.63, 3.8) is 0 Å². The van der Waals surface area contributed by atoms with Crippen molar-refractivity contribution in [2.24, 2.45) is 0 Å². The average molecular weight is 476 g/mol. The molecule has 2 atom stereocenters. The molecule has 2 unspecified atom stereocenters. The maximum absolute atomic E-state index is 7.08. The van der Waals surface area contributed by atoms with E-state index < -0.39 is 8.32 Å². The summed E-state index contributed by atoms with van der Waals surface area (Å²) < 4.78 is 19.0. The summed E-state index contributed by atoms with van der Waals surface area (Å²) in [6.45, 7) is 10.1. The number of rotatable bonds is 9. The Morgan fingerprint density at radius 2 is 1.26 bits per heavy atom. The molecule has 3 aromatic rings. The molecular formula is C29H37NO3Si. The van der Waals surface area contributed by atoms with Crippen LogP contribution in [0.15, 0.2) is 91.0 Å². The van der Waals surface area contributed by atoms with E-state index in [9.17, 15) is 0 Å². The van der Waals surface area contributed by atoms with Crippen molar-refractivity contribution < 1.29 is 13.9 Å². The molecule has 34 heavy (non-hydrogen) atoms. The zero-order chi connectivity index (χ0) is 23.9. The minimum absolute atomic E-state index is 0.0383. The van der Waals surface area contributed by atoms with Crippen LogP contribution in [0, 0.1) is 0 Å². The maximum atomic E-state index is 7.08. The van der Waals surface area contributed by atoms with Gasteiger partial charge in [-0.1, -0.05) is 112 Å². The van der Waals surface area contributed by atoms with Crippen molar-refractivity contribution in [2.45, 2.75) is 44.5 Å². The van der Waals surface area contributed by atoms with Crippen LogP contribution >= 0.6 is 0 Å². The summed E-state index contributed by atoms with van der Waals surface area (Å²) in [5.74, 6) is 0. The van der Waals surface area contributed by atoms with Crippen LogP contribution in [-0.4, -0.2) is 46.8 Å². The van der Waals surface area contributed by atoms with Gasteiger partial charge in [0.05, 0.1) is 45.1 Å². The molecule has 1 aliphatic heterocycles. The van der Waals surface area contributed by atoms with Gasteiger partial charge in [-0.05, 0) is 21.0 Å². The van der Waals surface area contributed by atoms with Gasteiger partial charge >= 0.3 is 0 Å². The summed E-state index contributed by atoms with van der Waals surface area (Å²) in [6.07, 6.45) is 0. The predicted molar refractivity (Wildman–Crippen MR) is 141 cm³/mol. The monoisotopic (exact) mass is 475 g/mol. The van der Waals surface area contributed by atoms with E-state index in [0.717, 1.165) is 0 Å². The summed E-state index contributed by atoms with van der Waals surface area (Å²) in [7, 11) is -2.55. The highest BCUT2D eigenvalue weighted by molar-refractivity contribution is 6.99. The molecule has 180 valence electrons. The van der Waals surface area contributed by atoms with Gasteiger partial charge in [0.25, 0.3) is 8.32 Å². The van der Waals surface area contributed by atoms with E-state index in [4.69, 9.17) is 13.9 Å². The molecule has 0 amide bonds. The number of morpholine rings is 1. The topological polar surface area (TPSA) is 39.7 Å². The fraction of sp³-hybridized carbons (Fsp3) is 0.379. The van der Waals surface area contributed by atoms with Crippen LogP contribution in [0.1, 0.15) is 26.3 Å². The molecule has 4 nitrogen and oxygen atoms in total. The highest BCUT2D eigenvalue weighted by atomic mass is 28.4. The Balaban J connectivity index is 1.46. The minimum Gasteiger partial charge on any atom is -0.406 e. The first-order chi connectivity index (χ1) is 16.5. The van der Waals surface area contributed by atoms with Crippen LogP contribution < -0.4 is 15.7 Å². The summed E-state index contributed by atoms with van der Waals surface area (Å²) in [5, 5.41) is 6.27. The predicted octanol–water partition coefficient (Wildman–Crippen LogP) is 4.14.